The van der Waals surface area contributed by atoms with Crippen LogP contribution in [0.5, 0.6) is 0 Å². The molecule has 1 heterocycles. The lowest BCUT2D eigenvalue weighted by Gasteiger charge is -2.28. The fourth-order valence-electron chi connectivity index (χ4n) is 3.00. The van der Waals surface area contributed by atoms with E-state index < -0.39 is 16.0 Å². The summed E-state index contributed by atoms with van der Waals surface area (Å²) in [6.07, 6.45) is 1.03. The summed E-state index contributed by atoms with van der Waals surface area (Å²) in [7, 11) is -3.81. The number of carbonyl (C=O) groups is 2. The van der Waals surface area contributed by atoms with Gasteiger partial charge in [-0.15, -0.1) is 0 Å². The Balaban J connectivity index is 2.18. The molecule has 1 fully saturated rings. The van der Waals surface area contributed by atoms with Crippen molar-refractivity contribution in [2.75, 3.05) is 37.7 Å². The lowest BCUT2D eigenvalue weighted by atomic mass is 10.1. The summed E-state index contributed by atoms with van der Waals surface area (Å²) in [5.41, 5.74) is 0.891. The molecule has 0 saturated carbocycles. The van der Waals surface area contributed by atoms with Crippen LogP contribution in [-0.4, -0.2) is 57.3 Å². The van der Waals surface area contributed by atoms with Gasteiger partial charge in [0.05, 0.1) is 11.5 Å². The second kappa shape index (κ2) is 9.32. The van der Waals surface area contributed by atoms with E-state index in [1.165, 1.54) is 4.31 Å². The highest BCUT2D eigenvalue weighted by Crippen LogP contribution is 2.23. The molecule has 0 aliphatic carbocycles. The van der Waals surface area contributed by atoms with Gasteiger partial charge >= 0.3 is 5.97 Å². The molecule has 0 atom stereocenters. The van der Waals surface area contributed by atoms with Gasteiger partial charge in [0.15, 0.2) is 0 Å². The van der Waals surface area contributed by atoms with Crippen LogP contribution >= 0.6 is 0 Å². The molecule has 0 aromatic heterocycles. The molecule has 0 amide bonds. The first-order valence-electron chi connectivity index (χ1n) is 9.26. The van der Waals surface area contributed by atoms with Gasteiger partial charge in [0.1, 0.15) is 12.3 Å². The lowest BCUT2D eigenvalue weighted by Crippen LogP contribution is -2.39. The van der Waals surface area contributed by atoms with Gasteiger partial charge in [0, 0.05) is 38.2 Å². The number of sulfonamides is 1. The highest BCUT2D eigenvalue weighted by molar-refractivity contribution is 7.89. The molecule has 1 saturated heterocycles. The van der Waals surface area contributed by atoms with E-state index in [9.17, 15) is 18.0 Å². The van der Waals surface area contributed by atoms with Crippen molar-refractivity contribution < 1.29 is 22.7 Å². The maximum absolute atomic E-state index is 13.0. The van der Waals surface area contributed by atoms with Gasteiger partial charge in [-0.2, -0.15) is 4.31 Å². The summed E-state index contributed by atoms with van der Waals surface area (Å²) in [6.45, 7) is 6.92. The Morgan fingerprint density at radius 1 is 1.19 bits per heavy atom. The third-order valence-electron chi connectivity index (χ3n) is 4.34. The lowest BCUT2D eigenvalue weighted by molar-refractivity contribution is -0.143. The Morgan fingerprint density at radius 2 is 1.78 bits per heavy atom. The Hall–Kier alpha value is -1.93. The van der Waals surface area contributed by atoms with E-state index in [1.54, 1.807) is 31.2 Å². The molecule has 0 radical (unpaired) electrons. The minimum Gasteiger partial charge on any atom is -0.465 e. The van der Waals surface area contributed by atoms with Gasteiger partial charge < -0.3 is 9.64 Å². The van der Waals surface area contributed by atoms with Crippen LogP contribution in [0.15, 0.2) is 29.2 Å². The first-order chi connectivity index (χ1) is 12.7. The van der Waals surface area contributed by atoms with Gasteiger partial charge in [-0.05, 0) is 37.1 Å². The van der Waals surface area contributed by atoms with Crippen molar-refractivity contribution in [3.05, 3.63) is 24.3 Å². The number of nitrogens with zero attached hydrogens (tertiary/aromatic N) is 2. The zero-order valence-corrected chi connectivity index (χ0v) is 17.0. The molecule has 150 valence electrons. The molecule has 0 unspecified atom stereocenters. The zero-order valence-electron chi connectivity index (χ0n) is 16.2. The normalized spacial score (nSPS) is 15.4. The van der Waals surface area contributed by atoms with Crippen LogP contribution in [-0.2, 0) is 24.3 Å². The second-order valence-electron chi connectivity index (χ2n) is 7.02. The molecular weight excluding hydrogens is 368 g/mol. The van der Waals surface area contributed by atoms with Gasteiger partial charge in [-0.25, -0.2) is 8.42 Å². The van der Waals surface area contributed by atoms with Crippen LogP contribution in [0.2, 0.25) is 0 Å². The van der Waals surface area contributed by atoms with Gasteiger partial charge in [0.2, 0.25) is 10.0 Å². The molecule has 0 spiro atoms. The number of anilines is 1. The standard InChI is InChI=1S/C19H28N2O5S/c1-4-26-19(23)14-21(13-15(2)3)27(24,25)18-7-5-16(6-8-18)20-11-9-17(22)10-12-20/h5-8,15H,4,9-14H2,1-3H3. The molecule has 27 heavy (non-hydrogen) atoms. The van der Waals surface area contributed by atoms with Crippen molar-refractivity contribution in [3.63, 3.8) is 0 Å². The molecule has 0 bridgehead atoms. The third-order valence-corrected chi connectivity index (χ3v) is 6.17. The van der Waals surface area contributed by atoms with Crippen LogP contribution in [0, 0.1) is 5.92 Å². The summed E-state index contributed by atoms with van der Waals surface area (Å²) < 4.78 is 32.1. The first-order valence-corrected chi connectivity index (χ1v) is 10.7. The van der Waals surface area contributed by atoms with E-state index in [-0.39, 0.29) is 36.3 Å². The monoisotopic (exact) mass is 396 g/mol. The molecule has 1 aromatic carbocycles. The Kier molecular flexibility index (Phi) is 7.38. The second-order valence-corrected chi connectivity index (χ2v) is 8.95. The van der Waals surface area contributed by atoms with E-state index >= 15 is 0 Å². The summed E-state index contributed by atoms with van der Waals surface area (Å²) in [4.78, 5) is 25.4. The number of rotatable bonds is 8. The van der Waals surface area contributed by atoms with Crippen molar-refractivity contribution in [1.29, 1.82) is 0 Å². The van der Waals surface area contributed by atoms with Crippen molar-refractivity contribution in [2.24, 2.45) is 5.92 Å². The number of ether oxygens (including phenoxy) is 1. The molecule has 8 heteroatoms. The number of hydrogen-bond acceptors (Lipinski definition) is 6. The van der Waals surface area contributed by atoms with Gasteiger partial charge in [0.25, 0.3) is 0 Å². The third kappa shape index (κ3) is 5.77. The van der Waals surface area contributed by atoms with E-state index in [2.05, 4.69) is 4.90 Å². The highest BCUT2D eigenvalue weighted by Gasteiger charge is 2.28. The average Bonchev–Trinajstić information content (AvgIpc) is 2.62. The maximum Gasteiger partial charge on any atom is 0.321 e. The largest absolute Gasteiger partial charge is 0.465 e. The first kappa shape index (κ1) is 21.4. The van der Waals surface area contributed by atoms with Crippen LogP contribution in [0.4, 0.5) is 5.69 Å². The van der Waals surface area contributed by atoms with E-state index in [1.807, 2.05) is 13.8 Å². The van der Waals surface area contributed by atoms with Crippen molar-refractivity contribution in [1.82, 2.24) is 4.31 Å². The van der Waals surface area contributed by atoms with Crippen LogP contribution < -0.4 is 4.90 Å². The van der Waals surface area contributed by atoms with E-state index in [4.69, 9.17) is 4.74 Å². The number of ketones is 1. The Morgan fingerprint density at radius 3 is 2.30 bits per heavy atom. The molecular formula is C19H28N2O5S. The molecule has 0 N–H and O–H groups in total. The van der Waals surface area contributed by atoms with E-state index in [0.717, 1.165) is 5.69 Å². The molecule has 7 nitrogen and oxygen atoms in total. The number of piperidine rings is 1. The number of hydrogen-bond donors (Lipinski definition) is 0. The minimum absolute atomic E-state index is 0.0689. The van der Waals surface area contributed by atoms with Gasteiger partial charge in [-0.1, -0.05) is 13.8 Å². The highest BCUT2D eigenvalue weighted by atomic mass is 32.2. The molecule has 1 aliphatic rings. The topological polar surface area (TPSA) is 84.0 Å². The quantitative estimate of drug-likeness (QED) is 0.626. The SMILES string of the molecule is CCOC(=O)CN(CC(C)C)S(=O)(=O)c1ccc(N2CCC(=O)CC2)cc1. The summed E-state index contributed by atoms with van der Waals surface area (Å²) in [5.74, 6) is -0.232. The summed E-state index contributed by atoms with van der Waals surface area (Å²) in [6, 6.07) is 6.61. The molecule has 1 aromatic rings. The van der Waals surface area contributed by atoms with Crippen molar-refractivity contribution in [3.8, 4) is 0 Å². The van der Waals surface area contributed by atoms with Gasteiger partial charge in [-0.3, -0.25) is 9.59 Å². The number of benzene rings is 1. The molecule has 1 aliphatic heterocycles. The average molecular weight is 397 g/mol. The Bertz CT molecular complexity index is 749. The predicted molar refractivity (Wildman–Crippen MR) is 103 cm³/mol. The van der Waals surface area contributed by atoms with Crippen LogP contribution in [0.25, 0.3) is 0 Å². The smallest absolute Gasteiger partial charge is 0.321 e. The summed E-state index contributed by atoms with van der Waals surface area (Å²) in [5, 5.41) is 0. The zero-order chi connectivity index (χ0) is 20.0. The fourth-order valence-corrected chi connectivity index (χ4v) is 4.55. The number of carbonyl (C=O) groups excluding carboxylic acids is 2. The molecule has 2 rings (SSSR count). The predicted octanol–water partition coefficient (Wildman–Crippen LogP) is 2.07. The minimum atomic E-state index is -3.81. The van der Waals surface area contributed by atoms with E-state index in [0.29, 0.717) is 25.9 Å². The van der Waals surface area contributed by atoms with Crippen LogP contribution in [0.1, 0.15) is 33.6 Å². The maximum atomic E-state index is 13.0. The summed E-state index contributed by atoms with van der Waals surface area (Å²) >= 11 is 0. The number of esters is 1. The fraction of sp³-hybridized carbons (Fsp3) is 0.579. The number of Topliss-reactive ketones (excluding diaryl/α,β-unsaturated/α-hetero) is 1. The van der Waals surface area contributed by atoms with Crippen LogP contribution in [0.3, 0.4) is 0 Å². The Labute approximate surface area is 161 Å². The van der Waals surface area contributed by atoms with Crippen molar-refractivity contribution in [2.45, 2.75) is 38.5 Å². The van der Waals surface area contributed by atoms with Crippen molar-refractivity contribution >= 4 is 27.5 Å².